The number of methoxy groups -OCH3 is 2. The van der Waals surface area contributed by atoms with Crippen LogP contribution in [0.3, 0.4) is 0 Å². The van der Waals surface area contributed by atoms with Crippen LogP contribution in [0, 0.1) is 0 Å². The van der Waals surface area contributed by atoms with Crippen molar-refractivity contribution in [1.82, 2.24) is 4.31 Å². The van der Waals surface area contributed by atoms with Crippen LogP contribution in [-0.4, -0.2) is 52.2 Å². The Morgan fingerprint density at radius 2 is 1.74 bits per heavy atom. The first kappa shape index (κ1) is 21.7. The van der Waals surface area contributed by atoms with E-state index in [2.05, 4.69) is 0 Å². The zero-order valence-corrected chi connectivity index (χ0v) is 18.8. The van der Waals surface area contributed by atoms with Crippen molar-refractivity contribution in [1.29, 1.82) is 0 Å². The van der Waals surface area contributed by atoms with Crippen LogP contribution in [0.15, 0.2) is 41.3 Å². The number of hydrogen-bond donors (Lipinski definition) is 0. The van der Waals surface area contributed by atoms with Crippen LogP contribution in [0.5, 0.6) is 11.5 Å². The van der Waals surface area contributed by atoms with Gasteiger partial charge in [-0.15, -0.1) is 0 Å². The third kappa shape index (κ3) is 4.05. The van der Waals surface area contributed by atoms with Gasteiger partial charge in [0.25, 0.3) is 0 Å². The van der Waals surface area contributed by atoms with E-state index in [1.165, 1.54) is 30.7 Å². The molecular formula is C21H23ClN2O6S. The number of amides is 1. The van der Waals surface area contributed by atoms with Crippen molar-refractivity contribution in [3.63, 3.8) is 0 Å². The van der Waals surface area contributed by atoms with Gasteiger partial charge in [-0.25, -0.2) is 13.2 Å². The maximum atomic E-state index is 13.1. The summed E-state index contributed by atoms with van der Waals surface area (Å²) >= 11 is 6.07. The maximum Gasteiger partial charge on any atom is 0.414 e. The van der Waals surface area contributed by atoms with Gasteiger partial charge in [-0.1, -0.05) is 11.6 Å². The molecule has 0 unspecified atom stereocenters. The van der Waals surface area contributed by atoms with Crippen LogP contribution in [0.25, 0.3) is 0 Å². The molecule has 10 heteroatoms. The molecule has 0 spiro atoms. The lowest BCUT2D eigenvalue weighted by Gasteiger charge is -2.39. The number of benzene rings is 2. The Morgan fingerprint density at radius 1 is 1.03 bits per heavy atom. The number of fused-ring (bicyclic) bond motifs is 1. The number of anilines is 1. The van der Waals surface area contributed by atoms with Gasteiger partial charge in [0.1, 0.15) is 6.61 Å². The van der Waals surface area contributed by atoms with E-state index in [1.54, 1.807) is 23.1 Å². The number of sulfonamides is 1. The number of piperidine rings is 1. The molecule has 1 fully saturated rings. The van der Waals surface area contributed by atoms with Gasteiger partial charge in [0.05, 0.1) is 24.8 Å². The molecule has 2 aliphatic rings. The Morgan fingerprint density at radius 3 is 2.42 bits per heavy atom. The number of hydrogen-bond acceptors (Lipinski definition) is 6. The lowest BCUT2D eigenvalue weighted by Crippen LogP contribution is -2.50. The summed E-state index contributed by atoms with van der Waals surface area (Å²) < 4.78 is 43.5. The molecule has 0 bridgehead atoms. The molecule has 2 aliphatic heterocycles. The summed E-state index contributed by atoms with van der Waals surface area (Å²) in [6.45, 7) is 0.750. The van der Waals surface area contributed by atoms with E-state index in [9.17, 15) is 13.2 Å². The molecule has 8 nitrogen and oxygen atoms in total. The minimum atomic E-state index is -3.71. The molecule has 31 heavy (non-hydrogen) atoms. The lowest BCUT2D eigenvalue weighted by molar-refractivity contribution is 0.136. The average molecular weight is 467 g/mol. The first-order valence-electron chi connectivity index (χ1n) is 9.81. The normalized spacial score (nSPS) is 17.8. The number of ether oxygens (including phenoxy) is 3. The van der Waals surface area contributed by atoms with Gasteiger partial charge in [-0.3, -0.25) is 4.90 Å². The summed E-state index contributed by atoms with van der Waals surface area (Å²) in [5.41, 5.74) is 1.61. The average Bonchev–Trinajstić information content (AvgIpc) is 2.78. The molecule has 2 heterocycles. The van der Waals surface area contributed by atoms with Crippen molar-refractivity contribution in [3.8, 4) is 11.5 Å². The number of nitrogens with zero attached hydrogens (tertiary/aromatic N) is 2. The summed E-state index contributed by atoms with van der Waals surface area (Å²) in [6.07, 6.45) is 0.559. The maximum absolute atomic E-state index is 13.1. The van der Waals surface area contributed by atoms with Gasteiger partial charge >= 0.3 is 6.09 Å². The lowest BCUT2D eigenvalue weighted by atomic mass is 10.0. The van der Waals surface area contributed by atoms with Crippen LogP contribution in [0.4, 0.5) is 10.5 Å². The van der Waals surface area contributed by atoms with Crippen LogP contribution in [0.1, 0.15) is 18.4 Å². The Labute approximate surface area is 186 Å². The summed E-state index contributed by atoms with van der Waals surface area (Å²) in [4.78, 5) is 14.2. The standard InChI is InChI=1S/C21H23ClN2O6S/c1-28-19-6-4-17(12-20(19)29-2)31(26,27)23-9-7-16(8-10-23)24-18-5-3-15(22)11-14(18)13-30-21(24)25/h3-6,11-12,16H,7-10,13H2,1-2H3. The topological polar surface area (TPSA) is 85.4 Å². The van der Waals surface area contributed by atoms with E-state index >= 15 is 0 Å². The van der Waals surface area contributed by atoms with Crippen molar-refractivity contribution >= 4 is 33.4 Å². The zero-order valence-electron chi connectivity index (χ0n) is 17.2. The highest BCUT2D eigenvalue weighted by molar-refractivity contribution is 7.89. The van der Waals surface area contributed by atoms with E-state index in [0.29, 0.717) is 29.4 Å². The predicted octanol–water partition coefficient (Wildman–Crippen LogP) is 3.67. The Hall–Kier alpha value is -2.49. The van der Waals surface area contributed by atoms with E-state index < -0.39 is 16.1 Å². The molecule has 1 amide bonds. The zero-order chi connectivity index (χ0) is 22.2. The fourth-order valence-electron chi connectivity index (χ4n) is 4.02. The van der Waals surface area contributed by atoms with Crippen molar-refractivity contribution in [2.24, 2.45) is 0 Å². The third-order valence-corrected chi connectivity index (χ3v) is 7.76. The molecule has 4 rings (SSSR count). The first-order chi connectivity index (χ1) is 14.8. The number of rotatable bonds is 5. The second-order valence-corrected chi connectivity index (χ2v) is 9.72. The molecule has 166 valence electrons. The number of cyclic esters (lactones) is 1. The van der Waals surface area contributed by atoms with Gasteiger partial charge in [-0.2, -0.15) is 4.31 Å². The second kappa shape index (κ2) is 8.57. The van der Waals surface area contributed by atoms with Gasteiger partial charge in [0.15, 0.2) is 11.5 Å². The van der Waals surface area contributed by atoms with Crippen molar-refractivity contribution in [3.05, 3.63) is 47.0 Å². The monoisotopic (exact) mass is 466 g/mol. The van der Waals surface area contributed by atoms with E-state index in [4.69, 9.17) is 25.8 Å². The second-order valence-electron chi connectivity index (χ2n) is 7.35. The SMILES string of the molecule is COc1ccc(S(=O)(=O)N2CCC(N3C(=O)OCc4cc(Cl)ccc43)CC2)cc1OC. The number of halogens is 1. The van der Waals surface area contributed by atoms with Gasteiger partial charge < -0.3 is 14.2 Å². The van der Waals surface area contributed by atoms with Crippen LogP contribution >= 0.6 is 11.6 Å². The minimum absolute atomic E-state index is 0.140. The van der Waals surface area contributed by atoms with E-state index in [1.807, 2.05) is 6.07 Å². The molecule has 1 saturated heterocycles. The summed E-state index contributed by atoms with van der Waals surface area (Å²) in [7, 11) is -0.752. The largest absolute Gasteiger partial charge is 0.493 e. The molecular weight excluding hydrogens is 444 g/mol. The molecule has 0 N–H and O–H groups in total. The molecule has 2 aromatic carbocycles. The minimum Gasteiger partial charge on any atom is -0.493 e. The molecule has 2 aromatic rings. The van der Waals surface area contributed by atoms with Crippen LogP contribution in [-0.2, 0) is 21.4 Å². The van der Waals surface area contributed by atoms with Gasteiger partial charge in [-0.05, 0) is 43.2 Å². The molecule has 0 atom stereocenters. The number of carbonyl (C=O) groups excluding carboxylic acids is 1. The third-order valence-electron chi connectivity index (χ3n) is 5.63. The van der Waals surface area contributed by atoms with E-state index in [-0.39, 0.29) is 30.6 Å². The molecule has 0 aliphatic carbocycles. The highest BCUT2D eigenvalue weighted by Crippen LogP contribution is 2.35. The predicted molar refractivity (Wildman–Crippen MR) is 115 cm³/mol. The fraction of sp³-hybridized carbons (Fsp3) is 0.381. The Balaban J connectivity index is 1.52. The van der Waals surface area contributed by atoms with Crippen molar-refractivity contribution < 1.29 is 27.4 Å². The quantitative estimate of drug-likeness (QED) is 0.668. The summed E-state index contributed by atoms with van der Waals surface area (Å²) in [5, 5.41) is 0.576. The highest BCUT2D eigenvalue weighted by atomic mass is 35.5. The smallest absolute Gasteiger partial charge is 0.414 e. The highest BCUT2D eigenvalue weighted by Gasteiger charge is 2.37. The van der Waals surface area contributed by atoms with Crippen LogP contribution < -0.4 is 14.4 Å². The fourth-order valence-corrected chi connectivity index (χ4v) is 5.71. The molecule has 0 radical (unpaired) electrons. The van der Waals surface area contributed by atoms with Gasteiger partial charge in [0.2, 0.25) is 10.0 Å². The Kier molecular flexibility index (Phi) is 6.00. The molecule has 0 aromatic heterocycles. The Bertz CT molecular complexity index is 1100. The summed E-state index contributed by atoms with van der Waals surface area (Å²) in [6, 6.07) is 9.71. The van der Waals surface area contributed by atoms with Crippen molar-refractivity contribution in [2.45, 2.75) is 30.4 Å². The van der Waals surface area contributed by atoms with E-state index in [0.717, 1.165) is 11.3 Å². The van der Waals surface area contributed by atoms with Crippen molar-refractivity contribution in [2.75, 3.05) is 32.2 Å². The first-order valence-corrected chi connectivity index (χ1v) is 11.6. The van der Waals surface area contributed by atoms with Gasteiger partial charge in [0, 0.05) is 35.8 Å². The summed E-state index contributed by atoms with van der Waals surface area (Å²) in [5.74, 6) is 0.812. The number of carbonyl (C=O) groups is 1. The van der Waals surface area contributed by atoms with Crippen LogP contribution in [0.2, 0.25) is 5.02 Å². The molecule has 0 saturated carbocycles.